The van der Waals surface area contributed by atoms with Crippen molar-refractivity contribution in [2.24, 2.45) is 5.92 Å². The molecule has 326 valence electrons. The first-order valence-corrected chi connectivity index (χ1v) is 23.7. The molecule has 15 nitrogen and oxygen atoms in total. The lowest BCUT2D eigenvalue weighted by molar-refractivity contribution is -0.135. The first-order valence-electron chi connectivity index (χ1n) is 21.1. The molecule has 3 fully saturated rings. The minimum Gasteiger partial charge on any atom is -0.415 e. The van der Waals surface area contributed by atoms with Crippen LogP contribution in [0.5, 0.6) is 11.5 Å². The lowest BCUT2D eigenvalue weighted by Crippen LogP contribution is -2.40. The van der Waals surface area contributed by atoms with E-state index in [0.29, 0.717) is 108 Å². The summed E-state index contributed by atoms with van der Waals surface area (Å²) >= 11 is 1.90. The number of amides is 5. The van der Waals surface area contributed by atoms with Crippen LogP contribution in [0.15, 0.2) is 60.7 Å². The second kappa shape index (κ2) is 25.1. The van der Waals surface area contributed by atoms with Gasteiger partial charge in [-0.05, 0) is 69.2 Å². The van der Waals surface area contributed by atoms with E-state index in [-0.39, 0.29) is 42.3 Å². The summed E-state index contributed by atoms with van der Waals surface area (Å²) in [5, 5.41) is 12.2. The van der Waals surface area contributed by atoms with Crippen LogP contribution in [0.4, 0.5) is 4.79 Å². The van der Waals surface area contributed by atoms with Gasteiger partial charge in [-0.25, -0.2) is 9.36 Å². The fourth-order valence-corrected chi connectivity index (χ4v) is 11.0. The van der Waals surface area contributed by atoms with Crippen molar-refractivity contribution >= 4 is 43.1 Å². The van der Waals surface area contributed by atoms with Gasteiger partial charge in [0.1, 0.15) is 11.5 Å². The van der Waals surface area contributed by atoms with E-state index in [1.807, 2.05) is 23.9 Å². The topological polar surface area (TPSA) is 183 Å². The van der Waals surface area contributed by atoms with Gasteiger partial charge in [0.15, 0.2) is 5.78 Å². The van der Waals surface area contributed by atoms with Crippen molar-refractivity contribution in [2.45, 2.75) is 94.2 Å². The number of nitrogens with one attached hydrogen (secondary N) is 4. The molecule has 0 spiro atoms. The SMILES string of the molecule is C[C@@H](CCC(=O)NCCCOCCOCCOCCCNC(=O)CCCC[C@H]1SCC2NC(=O)NC21)C(=O)N1CCCC1P(=O)(Oc1ccccc1)Oc1ccccc1. The van der Waals surface area contributed by atoms with Gasteiger partial charge >= 0.3 is 13.6 Å². The summed E-state index contributed by atoms with van der Waals surface area (Å²) in [5.41, 5.74) is 0. The molecule has 3 unspecified atom stereocenters. The van der Waals surface area contributed by atoms with Crippen LogP contribution >= 0.6 is 19.4 Å². The second-order valence-electron chi connectivity index (χ2n) is 15.1. The third-order valence-electron chi connectivity index (χ3n) is 10.4. The van der Waals surface area contributed by atoms with Crippen molar-refractivity contribution in [1.29, 1.82) is 0 Å². The molecule has 0 saturated carbocycles. The molecule has 4 N–H and O–H groups in total. The van der Waals surface area contributed by atoms with Gasteiger partial charge in [-0.1, -0.05) is 49.7 Å². The third-order valence-corrected chi connectivity index (χ3v) is 14.2. The molecule has 3 saturated heterocycles. The average Bonchev–Trinajstić information content (AvgIpc) is 3.98. The third kappa shape index (κ3) is 15.6. The van der Waals surface area contributed by atoms with Crippen molar-refractivity contribution in [3.8, 4) is 11.5 Å². The number of hydrogen-bond donors (Lipinski definition) is 4. The van der Waals surface area contributed by atoms with E-state index in [1.165, 1.54) is 0 Å². The largest absolute Gasteiger partial charge is 0.453 e. The Morgan fingerprint density at radius 2 is 1.37 bits per heavy atom. The summed E-state index contributed by atoms with van der Waals surface area (Å²) in [6, 6.07) is 18.1. The van der Waals surface area contributed by atoms with Crippen molar-refractivity contribution in [1.82, 2.24) is 26.2 Å². The summed E-state index contributed by atoms with van der Waals surface area (Å²) in [6.07, 6.45) is 6.41. The lowest BCUT2D eigenvalue weighted by Gasteiger charge is -2.32. The molecule has 5 rings (SSSR count). The van der Waals surface area contributed by atoms with E-state index in [4.69, 9.17) is 23.3 Å². The van der Waals surface area contributed by atoms with Gasteiger partial charge in [-0.2, -0.15) is 11.8 Å². The standard InChI is InChI=1S/C42H62N5O10PS/c1-32(41(50)47-24-10-19-39(47)58(52,56-33-13-4-2-5-14-33)57-34-15-6-3-7-16-34)20-21-38(49)44-23-12-26-54-28-30-55-29-27-53-25-11-22-43-37(48)18-9-8-17-36-40-35(31-59-36)45-42(51)46-40/h2-7,13-16,32,35-36,39-40H,8-12,17-31H2,1H3,(H,43,48)(H,44,49)(H2,45,46,51)/t32-,35?,36+,39?,40?/m0/s1. The predicted octanol–water partition coefficient (Wildman–Crippen LogP) is 5.49. The van der Waals surface area contributed by atoms with Crippen LogP contribution in [0.25, 0.3) is 0 Å². The fourth-order valence-electron chi connectivity index (χ4n) is 7.28. The number of rotatable bonds is 28. The molecule has 0 radical (unpaired) electrons. The Hall–Kier alpha value is -3.82. The van der Waals surface area contributed by atoms with Gasteiger partial charge in [0, 0.05) is 62.6 Å². The van der Waals surface area contributed by atoms with Crippen molar-refractivity contribution in [2.75, 3.05) is 65.0 Å². The Morgan fingerprint density at radius 3 is 1.98 bits per heavy atom. The smallest absolute Gasteiger partial charge is 0.415 e. The molecule has 2 aromatic carbocycles. The Balaban J connectivity index is 0.827. The van der Waals surface area contributed by atoms with Gasteiger partial charge in [-0.3, -0.25) is 14.4 Å². The number of para-hydroxylation sites is 2. The number of hydrogen-bond acceptors (Lipinski definition) is 11. The highest BCUT2D eigenvalue weighted by molar-refractivity contribution is 8.00. The van der Waals surface area contributed by atoms with Gasteiger partial charge in [0.25, 0.3) is 0 Å². The number of carbonyl (C=O) groups is 4. The molecule has 5 atom stereocenters. The van der Waals surface area contributed by atoms with Crippen LogP contribution in [0, 0.1) is 5.92 Å². The van der Waals surface area contributed by atoms with Crippen molar-refractivity contribution < 1.29 is 47.0 Å². The first-order chi connectivity index (χ1) is 28.7. The van der Waals surface area contributed by atoms with Gasteiger partial charge in [0.2, 0.25) is 17.7 Å². The second-order valence-corrected chi connectivity index (χ2v) is 18.4. The molecule has 2 aromatic rings. The molecule has 59 heavy (non-hydrogen) atoms. The maximum atomic E-state index is 14.4. The molecule has 0 aliphatic carbocycles. The number of unbranched alkanes of at least 4 members (excludes halogenated alkanes) is 1. The van der Waals surface area contributed by atoms with E-state index < -0.39 is 19.3 Å². The summed E-state index contributed by atoms with van der Waals surface area (Å²) in [4.78, 5) is 51.4. The number of fused-ring (bicyclic) bond motifs is 1. The maximum absolute atomic E-state index is 14.4. The zero-order chi connectivity index (χ0) is 41.7. The monoisotopic (exact) mass is 859 g/mol. The predicted molar refractivity (Wildman–Crippen MR) is 227 cm³/mol. The summed E-state index contributed by atoms with van der Waals surface area (Å²) in [6.45, 7) is 6.08. The van der Waals surface area contributed by atoms with Crippen LogP contribution in [-0.2, 0) is 33.2 Å². The van der Waals surface area contributed by atoms with Gasteiger partial charge in [-0.15, -0.1) is 0 Å². The quantitative estimate of drug-likeness (QED) is 0.0483. The molecule has 3 aliphatic heterocycles. The van der Waals surface area contributed by atoms with Crippen LogP contribution in [0.3, 0.4) is 0 Å². The normalized spacial score (nSPS) is 20.4. The fraction of sp³-hybridized carbons (Fsp3) is 0.619. The number of thioether (sulfide) groups is 1. The highest BCUT2D eigenvalue weighted by atomic mass is 32.2. The summed E-state index contributed by atoms with van der Waals surface area (Å²) < 4.78 is 43.2. The van der Waals surface area contributed by atoms with Gasteiger partial charge < -0.3 is 49.4 Å². The maximum Gasteiger partial charge on any atom is 0.453 e. The minimum atomic E-state index is -3.87. The van der Waals surface area contributed by atoms with Gasteiger partial charge in [0.05, 0.1) is 38.5 Å². The highest BCUT2D eigenvalue weighted by Gasteiger charge is 2.48. The zero-order valence-corrected chi connectivity index (χ0v) is 35.9. The van der Waals surface area contributed by atoms with Crippen molar-refractivity contribution in [3.05, 3.63) is 60.7 Å². The van der Waals surface area contributed by atoms with Crippen molar-refractivity contribution in [3.63, 3.8) is 0 Å². The molecular formula is C42H62N5O10PS. The molecule has 0 aromatic heterocycles. The number of ether oxygens (including phenoxy) is 3. The Morgan fingerprint density at radius 1 is 0.797 bits per heavy atom. The highest BCUT2D eigenvalue weighted by Crippen LogP contribution is 2.57. The van der Waals surface area contributed by atoms with Crippen LogP contribution in [0.2, 0.25) is 0 Å². The van der Waals surface area contributed by atoms with E-state index in [1.54, 1.807) is 60.4 Å². The Labute approximate surface area is 352 Å². The van der Waals surface area contributed by atoms with E-state index in [9.17, 15) is 23.7 Å². The molecule has 5 amide bonds. The Kier molecular flexibility index (Phi) is 19.7. The molecule has 0 bridgehead atoms. The average molecular weight is 860 g/mol. The summed E-state index contributed by atoms with van der Waals surface area (Å²) in [5.74, 6) is 0.305. The number of urea groups is 1. The van der Waals surface area contributed by atoms with Crippen LogP contribution in [0.1, 0.15) is 71.1 Å². The Bertz CT molecular complexity index is 1600. The molecule has 3 aliphatic rings. The molecule has 3 heterocycles. The number of likely N-dealkylation sites (tertiary alicyclic amines) is 1. The van der Waals surface area contributed by atoms with E-state index in [2.05, 4.69) is 21.3 Å². The number of benzene rings is 2. The summed E-state index contributed by atoms with van der Waals surface area (Å²) in [7, 11) is -3.87. The van der Waals surface area contributed by atoms with E-state index in [0.717, 1.165) is 31.4 Å². The zero-order valence-electron chi connectivity index (χ0n) is 34.2. The number of carbonyl (C=O) groups excluding carboxylic acids is 4. The minimum absolute atomic E-state index is 0.0610. The number of nitrogens with zero attached hydrogens (tertiary/aromatic N) is 1. The lowest BCUT2D eigenvalue weighted by atomic mass is 10.0. The first kappa shape index (κ1) is 46.2. The molecule has 17 heteroatoms. The van der Waals surface area contributed by atoms with E-state index >= 15 is 0 Å². The molecular weight excluding hydrogens is 798 g/mol. The van der Waals surface area contributed by atoms with Crippen LogP contribution < -0.4 is 30.3 Å². The van der Waals surface area contributed by atoms with Crippen LogP contribution in [-0.4, -0.2) is 117 Å².